The van der Waals surface area contributed by atoms with Gasteiger partial charge >= 0.3 is 0 Å². The Bertz CT molecular complexity index is 947. The fraction of sp³-hybridized carbons (Fsp3) is 0.200. The van der Waals surface area contributed by atoms with E-state index in [4.69, 9.17) is 0 Å². The highest BCUT2D eigenvalue weighted by Gasteiger charge is 2.31. The van der Waals surface area contributed by atoms with Gasteiger partial charge in [0.2, 0.25) is 5.43 Å². The molecule has 1 atom stereocenters. The summed E-state index contributed by atoms with van der Waals surface area (Å²) in [6.45, 7) is 0.685. The molecule has 4 heteroatoms. The molecule has 1 aromatic heterocycles. The van der Waals surface area contributed by atoms with Crippen molar-refractivity contribution in [2.45, 2.75) is 18.9 Å². The summed E-state index contributed by atoms with van der Waals surface area (Å²) in [7, 11) is 0. The summed E-state index contributed by atoms with van der Waals surface area (Å²) in [5.74, 6) is -0.187. The number of benzene rings is 2. The number of para-hydroxylation sites is 1. The lowest BCUT2D eigenvalue weighted by atomic mass is 10.0. The van der Waals surface area contributed by atoms with Crippen LogP contribution in [0.15, 0.2) is 65.6 Å². The van der Waals surface area contributed by atoms with Crippen LogP contribution >= 0.6 is 0 Å². The minimum absolute atomic E-state index is 0.0459. The summed E-state index contributed by atoms with van der Waals surface area (Å²) >= 11 is 0. The Morgan fingerprint density at radius 3 is 2.62 bits per heavy atom. The van der Waals surface area contributed by atoms with E-state index in [2.05, 4.69) is 4.98 Å². The number of H-pyrrole nitrogens is 1. The SMILES string of the molecule is O=C(c1c[nH]c2ccccc2c1=O)N1CCC[C@@H]1c1ccccc1. The normalized spacial score (nSPS) is 17.3. The number of hydrogen-bond acceptors (Lipinski definition) is 2. The summed E-state index contributed by atoms with van der Waals surface area (Å²) in [4.78, 5) is 30.6. The Morgan fingerprint density at radius 2 is 1.79 bits per heavy atom. The summed E-state index contributed by atoms with van der Waals surface area (Å²) < 4.78 is 0. The summed E-state index contributed by atoms with van der Waals surface area (Å²) in [6.07, 6.45) is 3.44. The maximum atomic E-state index is 13.0. The van der Waals surface area contributed by atoms with Gasteiger partial charge in [-0.3, -0.25) is 9.59 Å². The standard InChI is InChI=1S/C20H18N2O2/c23-19-15-9-4-5-10-17(15)21-13-16(19)20(24)22-12-6-11-18(22)14-7-2-1-3-8-14/h1-5,7-10,13,18H,6,11-12H2,(H,21,23)/t18-/m1/s1. The number of nitrogens with one attached hydrogen (secondary N) is 1. The highest BCUT2D eigenvalue weighted by atomic mass is 16.2. The van der Waals surface area contributed by atoms with Crippen LogP contribution in [0.4, 0.5) is 0 Å². The number of pyridine rings is 1. The van der Waals surface area contributed by atoms with Gasteiger partial charge in [0.05, 0.1) is 6.04 Å². The average Bonchev–Trinajstić information content (AvgIpc) is 3.12. The van der Waals surface area contributed by atoms with Crippen LogP contribution in [0.5, 0.6) is 0 Å². The Hall–Kier alpha value is -2.88. The van der Waals surface area contributed by atoms with Crippen LogP contribution in [0.3, 0.4) is 0 Å². The van der Waals surface area contributed by atoms with Crippen molar-refractivity contribution in [3.8, 4) is 0 Å². The highest BCUT2D eigenvalue weighted by molar-refractivity contribution is 5.97. The van der Waals surface area contributed by atoms with E-state index in [9.17, 15) is 9.59 Å². The van der Waals surface area contributed by atoms with Crippen molar-refractivity contribution < 1.29 is 4.79 Å². The fourth-order valence-corrected chi connectivity index (χ4v) is 3.51. The van der Waals surface area contributed by atoms with Gasteiger partial charge < -0.3 is 9.88 Å². The maximum absolute atomic E-state index is 13.0. The number of likely N-dealkylation sites (tertiary alicyclic amines) is 1. The van der Waals surface area contributed by atoms with Gasteiger partial charge in [-0.15, -0.1) is 0 Å². The van der Waals surface area contributed by atoms with Crippen LogP contribution in [0, 0.1) is 0 Å². The lowest BCUT2D eigenvalue weighted by Gasteiger charge is -2.25. The molecule has 0 radical (unpaired) electrons. The molecule has 4 rings (SSSR count). The van der Waals surface area contributed by atoms with Crippen molar-refractivity contribution in [3.63, 3.8) is 0 Å². The molecule has 0 saturated carbocycles. The third-order valence-electron chi connectivity index (χ3n) is 4.72. The second-order valence-electron chi connectivity index (χ2n) is 6.14. The molecule has 0 aliphatic carbocycles. The van der Waals surface area contributed by atoms with E-state index in [0.29, 0.717) is 11.9 Å². The van der Waals surface area contributed by atoms with E-state index in [1.807, 2.05) is 53.4 Å². The van der Waals surface area contributed by atoms with Crippen molar-refractivity contribution in [2.75, 3.05) is 6.54 Å². The van der Waals surface area contributed by atoms with E-state index in [1.54, 1.807) is 12.3 Å². The van der Waals surface area contributed by atoms with Gasteiger partial charge in [0, 0.05) is 23.6 Å². The van der Waals surface area contributed by atoms with Gasteiger partial charge in [0.15, 0.2) is 0 Å². The molecule has 1 saturated heterocycles. The number of rotatable bonds is 2. The maximum Gasteiger partial charge on any atom is 0.259 e. The van der Waals surface area contributed by atoms with E-state index >= 15 is 0 Å². The minimum Gasteiger partial charge on any atom is -0.360 e. The van der Waals surface area contributed by atoms with E-state index in [0.717, 1.165) is 23.9 Å². The number of amides is 1. The van der Waals surface area contributed by atoms with Gasteiger partial charge in [0.1, 0.15) is 5.56 Å². The van der Waals surface area contributed by atoms with Crippen LogP contribution < -0.4 is 5.43 Å². The monoisotopic (exact) mass is 318 g/mol. The molecule has 1 fully saturated rings. The predicted molar refractivity (Wildman–Crippen MR) is 94.0 cm³/mol. The lowest BCUT2D eigenvalue weighted by molar-refractivity contribution is 0.0734. The molecule has 1 N–H and O–H groups in total. The summed E-state index contributed by atoms with van der Waals surface area (Å²) in [5, 5.41) is 0.554. The van der Waals surface area contributed by atoms with Crippen LogP contribution in [0.1, 0.15) is 34.8 Å². The second kappa shape index (κ2) is 5.96. The van der Waals surface area contributed by atoms with Crippen molar-refractivity contribution in [3.05, 3.63) is 82.1 Å². The number of hydrogen-bond donors (Lipinski definition) is 1. The zero-order valence-electron chi connectivity index (χ0n) is 13.2. The van der Waals surface area contributed by atoms with Crippen LogP contribution in [0.25, 0.3) is 10.9 Å². The first kappa shape index (κ1) is 14.7. The van der Waals surface area contributed by atoms with E-state index in [-0.39, 0.29) is 22.9 Å². The first-order chi connectivity index (χ1) is 11.8. The van der Waals surface area contributed by atoms with Crippen molar-refractivity contribution in [1.29, 1.82) is 0 Å². The molecular weight excluding hydrogens is 300 g/mol. The summed E-state index contributed by atoms with van der Waals surface area (Å²) in [6, 6.07) is 17.3. The Morgan fingerprint density at radius 1 is 1.04 bits per heavy atom. The first-order valence-electron chi connectivity index (χ1n) is 8.22. The average molecular weight is 318 g/mol. The highest BCUT2D eigenvalue weighted by Crippen LogP contribution is 2.32. The molecule has 0 unspecified atom stereocenters. The van der Waals surface area contributed by atoms with Crippen molar-refractivity contribution in [1.82, 2.24) is 9.88 Å². The summed E-state index contributed by atoms with van der Waals surface area (Å²) in [5.41, 5.74) is 1.89. The lowest BCUT2D eigenvalue weighted by Crippen LogP contribution is -2.34. The minimum atomic E-state index is -0.201. The molecule has 0 spiro atoms. The number of aromatic nitrogens is 1. The zero-order valence-corrected chi connectivity index (χ0v) is 13.2. The Balaban J connectivity index is 1.73. The van der Waals surface area contributed by atoms with Gasteiger partial charge in [0.25, 0.3) is 5.91 Å². The van der Waals surface area contributed by atoms with Crippen LogP contribution in [-0.2, 0) is 0 Å². The van der Waals surface area contributed by atoms with Crippen LogP contribution in [0.2, 0.25) is 0 Å². The van der Waals surface area contributed by atoms with Crippen molar-refractivity contribution in [2.24, 2.45) is 0 Å². The second-order valence-corrected chi connectivity index (χ2v) is 6.14. The van der Waals surface area contributed by atoms with Crippen molar-refractivity contribution >= 4 is 16.8 Å². The van der Waals surface area contributed by atoms with Crippen LogP contribution in [-0.4, -0.2) is 22.3 Å². The molecule has 1 amide bonds. The number of aromatic amines is 1. The Kier molecular flexibility index (Phi) is 3.65. The van der Waals surface area contributed by atoms with E-state index in [1.165, 1.54) is 0 Å². The van der Waals surface area contributed by atoms with E-state index < -0.39 is 0 Å². The molecule has 2 heterocycles. The van der Waals surface area contributed by atoms with Gasteiger partial charge in [-0.1, -0.05) is 42.5 Å². The molecule has 0 bridgehead atoms. The molecule has 1 aliphatic heterocycles. The number of carbonyl (C=O) groups is 1. The number of fused-ring (bicyclic) bond motifs is 1. The third kappa shape index (κ3) is 2.40. The Labute approximate surface area is 139 Å². The molecule has 24 heavy (non-hydrogen) atoms. The first-order valence-corrected chi connectivity index (χ1v) is 8.22. The topological polar surface area (TPSA) is 53.2 Å². The number of carbonyl (C=O) groups excluding carboxylic acids is 1. The fourth-order valence-electron chi connectivity index (χ4n) is 3.51. The third-order valence-corrected chi connectivity index (χ3v) is 4.72. The molecular formula is C20H18N2O2. The quantitative estimate of drug-likeness (QED) is 0.786. The smallest absolute Gasteiger partial charge is 0.259 e. The largest absolute Gasteiger partial charge is 0.360 e. The molecule has 4 nitrogen and oxygen atoms in total. The van der Waals surface area contributed by atoms with Gasteiger partial charge in [-0.25, -0.2) is 0 Å². The number of nitrogens with zero attached hydrogens (tertiary/aromatic N) is 1. The molecule has 1 aliphatic rings. The van der Waals surface area contributed by atoms with Gasteiger partial charge in [-0.05, 0) is 30.5 Å². The molecule has 120 valence electrons. The zero-order chi connectivity index (χ0) is 16.5. The molecule has 3 aromatic rings. The molecule has 2 aromatic carbocycles. The predicted octanol–water partition coefficient (Wildman–Crippen LogP) is 3.51. The van der Waals surface area contributed by atoms with Gasteiger partial charge in [-0.2, -0.15) is 0 Å².